The Kier molecular flexibility index (Phi) is 5.28. The van der Waals surface area contributed by atoms with Gasteiger partial charge in [0, 0.05) is 19.3 Å². The molecule has 1 unspecified atom stereocenters. The number of allylic oxidation sites excluding steroid dienone is 2. The van der Waals surface area contributed by atoms with Crippen LogP contribution in [-0.4, -0.2) is 20.3 Å². The molecular formula is C16H23NO. The largest absolute Gasteiger partial charge is 0.385 e. The molecule has 0 radical (unpaired) electrons. The van der Waals surface area contributed by atoms with E-state index in [0.29, 0.717) is 0 Å². The number of para-hydroxylation sites is 1. The molecule has 1 aromatic rings. The Hall–Kier alpha value is -1.28. The molecule has 1 N–H and O–H groups in total. The molecule has 0 spiro atoms. The van der Waals surface area contributed by atoms with E-state index in [1.807, 2.05) is 0 Å². The van der Waals surface area contributed by atoms with Crippen molar-refractivity contribution in [3.8, 4) is 0 Å². The van der Waals surface area contributed by atoms with Crippen LogP contribution in [0.2, 0.25) is 0 Å². The normalized spacial score (nSPS) is 18.8. The fraction of sp³-hybridized carbons (Fsp3) is 0.500. The second-order valence-electron chi connectivity index (χ2n) is 4.93. The van der Waals surface area contributed by atoms with Gasteiger partial charge in [-0.3, -0.25) is 0 Å². The Morgan fingerprint density at radius 3 is 2.94 bits per heavy atom. The van der Waals surface area contributed by atoms with E-state index in [0.717, 1.165) is 25.5 Å². The molecule has 0 aromatic heterocycles. The lowest BCUT2D eigenvalue weighted by Gasteiger charge is -2.20. The van der Waals surface area contributed by atoms with Crippen LogP contribution in [0.4, 0.5) is 5.69 Å². The maximum atomic E-state index is 5.16. The fourth-order valence-electron chi connectivity index (χ4n) is 2.42. The first-order valence-electron chi connectivity index (χ1n) is 6.86. The molecule has 1 aliphatic rings. The van der Waals surface area contributed by atoms with Crippen molar-refractivity contribution in [3.05, 3.63) is 42.0 Å². The summed E-state index contributed by atoms with van der Waals surface area (Å²) in [4.78, 5) is 0. The number of nitrogens with one attached hydrogen (secondary N) is 1. The Morgan fingerprint density at radius 2 is 2.17 bits per heavy atom. The number of hydrogen-bond donors (Lipinski definition) is 1. The zero-order valence-electron chi connectivity index (χ0n) is 11.2. The molecule has 18 heavy (non-hydrogen) atoms. The van der Waals surface area contributed by atoms with Gasteiger partial charge in [-0.2, -0.15) is 0 Å². The predicted molar refractivity (Wildman–Crippen MR) is 77.0 cm³/mol. The van der Waals surface area contributed by atoms with Crippen molar-refractivity contribution in [2.75, 3.05) is 25.6 Å². The van der Waals surface area contributed by atoms with E-state index in [-0.39, 0.29) is 0 Å². The summed E-state index contributed by atoms with van der Waals surface area (Å²) in [5, 5.41) is 3.60. The second kappa shape index (κ2) is 7.22. The van der Waals surface area contributed by atoms with Crippen molar-refractivity contribution in [2.45, 2.75) is 25.7 Å². The third-order valence-corrected chi connectivity index (χ3v) is 3.55. The van der Waals surface area contributed by atoms with Crippen molar-refractivity contribution in [1.82, 2.24) is 0 Å². The van der Waals surface area contributed by atoms with Gasteiger partial charge in [-0.25, -0.2) is 0 Å². The molecule has 1 aromatic carbocycles. The average Bonchev–Trinajstić information content (AvgIpc) is 2.45. The Balaban J connectivity index is 1.89. The smallest absolute Gasteiger partial charge is 0.0503 e. The van der Waals surface area contributed by atoms with Crippen LogP contribution in [0.3, 0.4) is 0 Å². The number of benzene rings is 1. The van der Waals surface area contributed by atoms with Crippen molar-refractivity contribution in [3.63, 3.8) is 0 Å². The summed E-state index contributed by atoms with van der Waals surface area (Å²) in [5.74, 6) is 0.783. The molecule has 0 fully saturated rings. The molecule has 2 rings (SSSR count). The van der Waals surface area contributed by atoms with E-state index in [2.05, 4.69) is 41.7 Å². The topological polar surface area (TPSA) is 21.3 Å². The van der Waals surface area contributed by atoms with Crippen LogP contribution in [0.1, 0.15) is 24.8 Å². The minimum Gasteiger partial charge on any atom is -0.385 e. The standard InChI is InChI=1S/C16H23NO/c1-18-12-11-15-9-5-6-10-16(15)17-13-14-7-3-2-4-8-14/h2-3,5-6,9-10,14,17H,4,7-8,11-13H2,1H3. The van der Waals surface area contributed by atoms with Gasteiger partial charge < -0.3 is 10.1 Å². The molecular weight excluding hydrogens is 222 g/mol. The third kappa shape index (κ3) is 3.88. The van der Waals surface area contributed by atoms with Gasteiger partial charge in [-0.05, 0) is 43.2 Å². The van der Waals surface area contributed by atoms with Crippen molar-refractivity contribution in [1.29, 1.82) is 0 Å². The zero-order chi connectivity index (χ0) is 12.6. The molecule has 0 saturated heterocycles. The van der Waals surface area contributed by atoms with Gasteiger partial charge >= 0.3 is 0 Å². The van der Waals surface area contributed by atoms with E-state index in [9.17, 15) is 0 Å². The van der Waals surface area contributed by atoms with Gasteiger partial charge in [-0.1, -0.05) is 30.4 Å². The Bertz CT molecular complexity index is 386. The number of anilines is 1. The van der Waals surface area contributed by atoms with E-state index < -0.39 is 0 Å². The quantitative estimate of drug-likeness (QED) is 0.773. The van der Waals surface area contributed by atoms with Gasteiger partial charge in [0.1, 0.15) is 0 Å². The fourth-order valence-corrected chi connectivity index (χ4v) is 2.42. The molecule has 0 bridgehead atoms. The maximum absolute atomic E-state index is 5.16. The highest BCUT2D eigenvalue weighted by molar-refractivity contribution is 5.51. The highest BCUT2D eigenvalue weighted by Crippen LogP contribution is 2.21. The molecule has 0 aliphatic heterocycles. The number of rotatable bonds is 6. The van der Waals surface area contributed by atoms with Crippen molar-refractivity contribution >= 4 is 5.69 Å². The lowest BCUT2D eigenvalue weighted by Crippen LogP contribution is -2.16. The highest BCUT2D eigenvalue weighted by Gasteiger charge is 2.10. The summed E-state index contributed by atoms with van der Waals surface area (Å²) < 4.78 is 5.16. The van der Waals surface area contributed by atoms with Crippen LogP contribution in [-0.2, 0) is 11.2 Å². The summed E-state index contributed by atoms with van der Waals surface area (Å²) >= 11 is 0. The molecule has 98 valence electrons. The summed E-state index contributed by atoms with van der Waals surface area (Å²) in [6.45, 7) is 1.86. The van der Waals surface area contributed by atoms with Gasteiger partial charge in [0.15, 0.2) is 0 Å². The van der Waals surface area contributed by atoms with E-state index in [4.69, 9.17) is 4.74 Å². The number of hydrogen-bond acceptors (Lipinski definition) is 2. The lowest BCUT2D eigenvalue weighted by molar-refractivity contribution is 0.202. The van der Waals surface area contributed by atoms with Crippen LogP contribution in [0.25, 0.3) is 0 Å². The molecule has 2 nitrogen and oxygen atoms in total. The monoisotopic (exact) mass is 245 g/mol. The van der Waals surface area contributed by atoms with Gasteiger partial charge in [0.2, 0.25) is 0 Å². The Labute approximate surface area is 110 Å². The summed E-state index contributed by atoms with van der Waals surface area (Å²) in [6, 6.07) is 8.55. The number of methoxy groups -OCH3 is 1. The summed E-state index contributed by atoms with van der Waals surface area (Å²) in [5.41, 5.74) is 2.62. The predicted octanol–water partition coefficient (Wildman–Crippen LogP) is 3.64. The first kappa shape index (κ1) is 13.2. The third-order valence-electron chi connectivity index (χ3n) is 3.55. The minimum atomic E-state index is 0.783. The second-order valence-corrected chi connectivity index (χ2v) is 4.93. The SMILES string of the molecule is COCCc1ccccc1NCC1CC=CCC1. The van der Waals surface area contributed by atoms with Crippen LogP contribution in [0.5, 0.6) is 0 Å². The molecule has 1 aliphatic carbocycles. The molecule has 0 heterocycles. The van der Waals surface area contributed by atoms with E-state index in [1.54, 1.807) is 7.11 Å². The zero-order valence-corrected chi connectivity index (χ0v) is 11.2. The van der Waals surface area contributed by atoms with Crippen LogP contribution >= 0.6 is 0 Å². The first-order valence-corrected chi connectivity index (χ1v) is 6.86. The van der Waals surface area contributed by atoms with E-state index in [1.165, 1.54) is 30.5 Å². The first-order chi connectivity index (χ1) is 8.90. The Morgan fingerprint density at radius 1 is 1.28 bits per heavy atom. The maximum Gasteiger partial charge on any atom is 0.0503 e. The molecule has 0 saturated carbocycles. The summed E-state index contributed by atoms with van der Waals surface area (Å²) in [7, 11) is 1.75. The van der Waals surface area contributed by atoms with E-state index >= 15 is 0 Å². The number of ether oxygens (including phenoxy) is 1. The van der Waals surface area contributed by atoms with Gasteiger partial charge in [-0.15, -0.1) is 0 Å². The van der Waals surface area contributed by atoms with Gasteiger partial charge in [0.25, 0.3) is 0 Å². The van der Waals surface area contributed by atoms with Crippen LogP contribution < -0.4 is 5.32 Å². The highest BCUT2D eigenvalue weighted by atomic mass is 16.5. The lowest BCUT2D eigenvalue weighted by atomic mass is 9.94. The van der Waals surface area contributed by atoms with Crippen molar-refractivity contribution < 1.29 is 4.74 Å². The minimum absolute atomic E-state index is 0.783. The molecule has 0 amide bonds. The van der Waals surface area contributed by atoms with Crippen LogP contribution in [0.15, 0.2) is 36.4 Å². The molecule has 1 atom stereocenters. The van der Waals surface area contributed by atoms with Crippen molar-refractivity contribution in [2.24, 2.45) is 5.92 Å². The van der Waals surface area contributed by atoms with Crippen LogP contribution in [0, 0.1) is 5.92 Å². The molecule has 2 heteroatoms. The average molecular weight is 245 g/mol. The van der Waals surface area contributed by atoms with Gasteiger partial charge in [0.05, 0.1) is 6.61 Å². The summed E-state index contributed by atoms with van der Waals surface area (Å²) in [6.07, 6.45) is 9.34.